The number of para-hydroxylation sites is 1. The van der Waals surface area contributed by atoms with Gasteiger partial charge in [0.1, 0.15) is 6.04 Å². The smallest absolute Gasteiger partial charge is 0.408 e. The lowest BCUT2D eigenvalue weighted by atomic mass is 9.97. The van der Waals surface area contributed by atoms with Gasteiger partial charge in [-0.2, -0.15) is 0 Å². The van der Waals surface area contributed by atoms with E-state index in [1.165, 1.54) is 0 Å². The molecule has 1 N–H and O–H groups in total. The summed E-state index contributed by atoms with van der Waals surface area (Å²) in [7, 11) is 0. The van der Waals surface area contributed by atoms with Gasteiger partial charge >= 0.3 is 6.09 Å². The molecule has 0 aliphatic heterocycles. The zero-order chi connectivity index (χ0) is 19.5. The highest BCUT2D eigenvalue weighted by atomic mass is 35.5. The van der Waals surface area contributed by atoms with E-state index in [-0.39, 0.29) is 0 Å². The molecule has 0 aliphatic carbocycles. The van der Waals surface area contributed by atoms with Gasteiger partial charge in [0.15, 0.2) is 0 Å². The Morgan fingerprint density at radius 2 is 1.54 bits per heavy atom. The summed E-state index contributed by atoms with van der Waals surface area (Å²) in [5.74, 6) is -0.524. The van der Waals surface area contributed by atoms with Crippen molar-refractivity contribution >= 4 is 29.5 Å². The van der Waals surface area contributed by atoms with E-state index in [1.807, 2.05) is 25.1 Å². The van der Waals surface area contributed by atoms with Gasteiger partial charge in [-0.05, 0) is 44.9 Å². The van der Waals surface area contributed by atoms with Crippen molar-refractivity contribution in [3.8, 4) is 0 Å². The fourth-order valence-corrected chi connectivity index (χ4v) is 3.11. The number of carbonyl (C=O) groups is 2. The molecule has 2 aromatic rings. The molecule has 2 rings (SSSR count). The van der Waals surface area contributed by atoms with Crippen LogP contribution < -0.4 is 4.42 Å². The number of anilines is 1. The molecule has 0 aromatic heterocycles. The van der Waals surface area contributed by atoms with E-state index in [0.717, 1.165) is 14.9 Å². The van der Waals surface area contributed by atoms with Gasteiger partial charge in [-0.15, -0.1) is 0 Å². The van der Waals surface area contributed by atoms with Gasteiger partial charge in [0.25, 0.3) is 5.91 Å². The Labute approximate surface area is 158 Å². The van der Waals surface area contributed by atoms with Crippen molar-refractivity contribution in [1.29, 1.82) is 0 Å². The standard InChI is InChI=1S/C20H23ClN2O3/c1-14-10-8-9-13-16(14)23(21)18(24)17(15-11-6-5-7-12-15)22(19(25)26)20(2,3)4/h5-13,17H,1-4H3,(H,25,26). The summed E-state index contributed by atoms with van der Waals surface area (Å²) in [6.45, 7) is 7.08. The van der Waals surface area contributed by atoms with E-state index in [0.29, 0.717) is 11.3 Å². The number of benzene rings is 2. The van der Waals surface area contributed by atoms with Gasteiger partial charge < -0.3 is 5.11 Å². The quantitative estimate of drug-likeness (QED) is 0.766. The van der Waals surface area contributed by atoms with Crippen LogP contribution in [0.25, 0.3) is 0 Å². The SMILES string of the molecule is Cc1ccccc1N(Cl)C(=O)C(c1ccccc1)N(C(=O)O)C(C)(C)C. The first-order valence-corrected chi connectivity index (χ1v) is 8.61. The van der Waals surface area contributed by atoms with Gasteiger partial charge in [0, 0.05) is 17.3 Å². The number of nitrogens with zero attached hydrogens (tertiary/aromatic N) is 2. The third kappa shape index (κ3) is 4.17. The molecule has 1 atom stereocenters. The van der Waals surface area contributed by atoms with Crippen LogP contribution in [0.4, 0.5) is 10.5 Å². The molecular formula is C20H23ClN2O3. The van der Waals surface area contributed by atoms with E-state index >= 15 is 0 Å². The van der Waals surface area contributed by atoms with Crippen LogP contribution in [0, 0.1) is 6.92 Å². The van der Waals surface area contributed by atoms with E-state index in [4.69, 9.17) is 11.8 Å². The maximum absolute atomic E-state index is 13.3. The highest BCUT2D eigenvalue weighted by Crippen LogP contribution is 2.33. The average Bonchev–Trinajstić information content (AvgIpc) is 2.58. The normalized spacial score (nSPS) is 12.3. The minimum Gasteiger partial charge on any atom is -0.465 e. The summed E-state index contributed by atoms with van der Waals surface area (Å²) in [6, 6.07) is 14.9. The Morgan fingerprint density at radius 3 is 2.04 bits per heavy atom. The van der Waals surface area contributed by atoms with Crippen molar-refractivity contribution in [2.75, 3.05) is 4.42 Å². The van der Waals surface area contributed by atoms with Crippen molar-refractivity contribution in [1.82, 2.24) is 4.90 Å². The molecule has 0 radical (unpaired) electrons. The second-order valence-corrected chi connectivity index (χ2v) is 7.38. The number of amides is 2. The molecule has 26 heavy (non-hydrogen) atoms. The van der Waals surface area contributed by atoms with Crippen molar-refractivity contribution in [3.63, 3.8) is 0 Å². The molecule has 0 fully saturated rings. The number of aryl methyl sites for hydroxylation is 1. The molecule has 1 unspecified atom stereocenters. The fourth-order valence-electron chi connectivity index (χ4n) is 2.83. The van der Waals surface area contributed by atoms with Crippen LogP contribution in [-0.4, -0.2) is 27.5 Å². The van der Waals surface area contributed by atoms with Crippen LogP contribution in [0.1, 0.15) is 37.9 Å². The minimum atomic E-state index is -1.19. The van der Waals surface area contributed by atoms with E-state index in [1.54, 1.807) is 57.2 Å². The molecule has 0 bridgehead atoms. The first-order valence-electron chi connectivity index (χ1n) is 8.27. The van der Waals surface area contributed by atoms with Crippen LogP contribution in [0.2, 0.25) is 0 Å². The number of hydrogen-bond acceptors (Lipinski definition) is 2. The summed E-state index contributed by atoms with van der Waals surface area (Å²) >= 11 is 6.37. The lowest BCUT2D eigenvalue weighted by Gasteiger charge is -2.39. The molecule has 0 aliphatic rings. The number of rotatable bonds is 4. The second kappa shape index (κ2) is 7.79. The van der Waals surface area contributed by atoms with Crippen molar-refractivity contribution in [3.05, 3.63) is 65.7 Å². The summed E-state index contributed by atoms with van der Waals surface area (Å²) in [4.78, 5) is 26.4. The van der Waals surface area contributed by atoms with Crippen molar-refractivity contribution in [2.45, 2.75) is 39.3 Å². The van der Waals surface area contributed by atoms with E-state index in [2.05, 4.69) is 0 Å². The summed E-state index contributed by atoms with van der Waals surface area (Å²) in [5.41, 5.74) is 1.11. The Bertz CT molecular complexity index is 787. The molecule has 6 heteroatoms. The Kier molecular flexibility index (Phi) is 5.93. The topological polar surface area (TPSA) is 60.9 Å². The first-order chi connectivity index (χ1) is 12.1. The number of hydrogen-bond donors (Lipinski definition) is 1. The number of halogens is 1. The van der Waals surface area contributed by atoms with E-state index < -0.39 is 23.6 Å². The first kappa shape index (κ1) is 19.8. The predicted octanol–water partition coefficient (Wildman–Crippen LogP) is 5.00. The molecule has 0 saturated carbocycles. The molecule has 0 spiro atoms. The molecule has 5 nitrogen and oxygen atoms in total. The zero-order valence-electron chi connectivity index (χ0n) is 15.3. The van der Waals surface area contributed by atoms with Crippen LogP contribution in [0.5, 0.6) is 0 Å². The minimum absolute atomic E-state index is 0.524. The van der Waals surface area contributed by atoms with Crippen LogP contribution >= 0.6 is 11.8 Å². The summed E-state index contributed by atoms with van der Waals surface area (Å²) in [5, 5.41) is 9.81. The average molecular weight is 375 g/mol. The number of carbonyl (C=O) groups excluding carboxylic acids is 1. The maximum Gasteiger partial charge on any atom is 0.408 e. The van der Waals surface area contributed by atoms with Gasteiger partial charge in [0.05, 0.1) is 5.69 Å². The Morgan fingerprint density at radius 1 is 1.00 bits per heavy atom. The summed E-state index contributed by atoms with van der Waals surface area (Å²) in [6.07, 6.45) is -1.19. The molecular weight excluding hydrogens is 352 g/mol. The van der Waals surface area contributed by atoms with Gasteiger partial charge in [-0.25, -0.2) is 9.21 Å². The highest BCUT2D eigenvalue weighted by Gasteiger charge is 2.40. The summed E-state index contributed by atoms with van der Waals surface area (Å²) < 4.78 is 1.01. The highest BCUT2D eigenvalue weighted by molar-refractivity contribution is 6.37. The lowest BCUT2D eigenvalue weighted by Crippen LogP contribution is -2.51. The zero-order valence-corrected chi connectivity index (χ0v) is 16.1. The van der Waals surface area contributed by atoms with Crippen LogP contribution in [0.3, 0.4) is 0 Å². The third-order valence-electron chi connectivity index (χ3n) is 4.06. The van der Waals surface area contributed by atoms with Gasteiger partial charge in [-0.3, -0.25) is 9.69 Å². The van der Waals surface area contributed by atoms with Crippen molar-refractivity contribution < 1.29 is 14.7 Å². The number of carboxylic acid groups (broad SMARTS) is 1. The largest absolute Gasteiger partial charge is 0.465 e. The lowest BCUT2D eigenvalue weighted by molar-refractivity contribution is -0.124. The predicted molar refractivity (Wildman–Crippen MR) is 103 cm³/mol. The van der Waals surface area contributed by atoms with Gasteiger partial charge in [0.2, 0.25) is 0 Å². The molecule has 2 amide bonds. The van der Waals surface area contributed by atoms with Gasteiger partial charge in [-0.1, -0.05) is 48.5 Å². The molecule has 2 aromatic carbocycles. The second-order valence-electron chi connectivity index (χ2n) is 7.04. The molecule has 138 valence electrons. The van der Waals surface area contributed by atoms with Crippen LogP contribution in [0.15, 0.2) is 54.6 Å². The van der Waals surface area contributed by atoms with Crippen LogP contribution in [-0.2, 0) is 4.79 Å². The Balaban J connectivity index is 2.55. The van der Waals surface area contributed by atoms with E-state index in [9.17, 15) is 14.7 Å². The Hall–Kier alpha value is -2.53. The monoisotopic (exact) mass is 374 g/mol. The fraction of sp³-hybridized carbons (Fsp3) is 0.300. The maximum atomic E-state index is 13.3. The molecule has 0 heterocycles. The molecule has 0 saturated heterocycles. The van der Waals surface area contributed by atoms with Crippen molar-refractivity contribution in [2.24, 2.45) is 0 Å². The third-order valence-corrected chi connectivity index (χ3v) is 4.41.